The Hall–Kier alpha value is -3.38. The number of halogens is 1. The van der Waals surface area contributed by atoms with E-state index in [1.807, 2.05) is 37.3 Å². The summed E-state index contributed by atoms with van der Waals surface area (Å²) in [4.78, 5) is 22.4. The van der Waals surface area contributed by atoms with E-state index in [1.54, 1.807) is 25.1 Å². The zero-order chi connectivity index (χ0) is 19.4. The van der Waals surface area contributed by atoms with Crippen LogP contribution in [0, 0.1) is 13.8 Å². The fourth-order valence-corrected chi connectivity index (χ4v) is 3.72. The highest BCUT2D eigenvalue weighted by Crippen LogP contribution is 2.30. The van der Waals surface area contributed by atoms with Crippen LogP contribution < -0.4 is 5.56 Å². The van der Waals surface area contributed by atoms with E-state index >= 15 is 0 Å². The van der Waals surface area contributed by atoms with Crippen molar-refractivity contribution in [3.8, 4) is 22.6 Å². The molecule has 0 amide bonds. The number of hydrogen-bond acceptors (Lipinski definition) is 4. The lowest BCUT2D eigenvalue weighted by molar-refractivity contribution is 0.616. The van der Waals surface area contributed by atoms with Crippen LogP contribution in [0.5, 0.6) is 0 Å². The minimum atomic E-state index is -0.268. The fraction of sp³-hybridized carbons (Fsp3) is 0.0952. The molecule has 0 fully saturated rings. The minimum Gasteiger partial charge on any atom is -0.436 e. The Balaban J connectivity index is 1.80. The van der Waals surface area contributed by atoms with Gasteiger partial charge in [-0.2, -0.15) is 0 Å². The van der Waals surface area contributed by atoms with E-state index in [1.165, 1.54) is 4.52 Å². The van der Waals surface area contributed by atoms with Crippen molar-refractivity contribution in [1.29, 1.82) is 0 Å². The third kappa shape index (κ3) is 2.38. The third-order valence-corrected chi connectivity index (χ3v) is 5.09. The summed E-state index contributed by atoms with van der Waals surface area (Å²) in [6.07, 6.45) is 0. The van der Waals surface area contributed by atoms with Gasteiger partial charge in [-0.15, -0.1) is 0 Å². The van der Waals surface area contributed by atoms with Crippen molar-refractivity contribution in [2.45, 2.75) is 13.8 Å². The van der Waals surface area contributed by atoms with Gasteiger partial charge in [-0.25, -0.2) is 14.5 Å². The number of aromatic nitrogens is 4. The van der Waals surface area contributed by atoms with Crippen LogP contribution >= 0.6 is 11.6 Å². The van der Waals surface area contributed by atoms with Gasteiger partial charge < -0.3 is 4.42 Å². The highest BCUT2D eigenvalue weighted by atomic mass is 35.5. The van der Waals surface area contributed by atoms with Gasteiger partial charge in [0, 0.05) is 11.3 Å². The van der Waals surface area contributed by atoms with Gasteiger partial charge in [0.1, 0.15) is 11.1 Å². The summed E-state index contributed by atoms with van der Waals surface area (Å²) in [5, 5.41) is 3.60. The predicted octanol–water partition coefficient (Wildman–Crippen LogP) is 4.77. The van der Waals surface area contributed by atoms with Crippen LogP contribution in [-0.2, 0) is 0 Å². The lowest BCUT2D eigenvalue weighted by atomic mass is 10.1. The van der Waals surface area contributed by atoms with E-state index in [-0.39, 0.29) is 11.4 Å². The number of hydrogen-bond donors (Lipinski definition) is 1. The highest BCUT2D eigenvalue weighted by Gasteiger charge is 2.22. The minimum absolute atomic E-state index is 0.209. The molecule has 0 saturated carbocycles. The highest BCUT2D eigenvalue weighted by molar-refractivity contribution is 6.34. The van der Waals surface area contributed by atoms with Crippen LogP contribution in [0.25, 0.3) is 39.3 Å². The average Bonchev–Trinajstić information content (AvgIpc) is 3.24. The zero-order valence-corrected chi connectivity index (χ0v) is 15.9. The van der Waals surface area contributed by atoms with Crippen molar-refractivity contribution in [3.05, 3.63) is 75.3 Å². The lowest BCUT2D eigenvalue weighted by Gasteiger charge is -2.03. The van der Waals surface area contributed by atoms with Crippen LogP contribution in [0.3, 0.4) is 0 Å². The maximum Gasteiger partial charge on any atom is 0.285 e. The Bertz CT molecular complexity index is 1410. The van der Waals surface area contributed by atoms with E-state index in [0.29, 0.717) is 33.0 Å². The van der Waals surface area contributed by atoms with Crippen LogP contribution in [0.4, 0.5) is 0 Å². The number of benzene rings is 2. The van der Waals surface area contributed by atoms with Gasteiger partial charge in [0.05, 0.1) is 10.7 Å². The molecule has 0 atom stereocenters. The molecule has 0 aliphatic heterocycles. The molecule has 28 heavy (non-hydrogen) atoms. The van der Waals surface area contributed by atoms with Gasteiger partial charge in [0.25, 0.3) is 5.56 Å². The van der Waals surface area contributed by atoms with E-state index in [9.17, 15) is 4.79 Å². The molecule has 0 aliphatic rings. The smallest absolute Gasteiger partial charge is 0.285 e. The van der Waals surface area contributed by atoms with Gasteiger partial charge in [-0.05, 0) is 31.5 Å². The topological polar surface area (TPSA) is 76.2 Å². The molecular formula is C21H15ClN4O2. The molecule has 5 rings (SSSR count). The van der Waals surface area contributed by atoms with Crippen molar-refractivity contribution < 1.29 is 4.42 Å². The third-order valence-electron chi connectivity index (χ3n) is 4.79. The molecule has 0 bridgehead atoms. The van der Waals surface area contributed by atoms with Crippen LogP contribution in [0.15, 0.2) is 57.7 Å². The summed E-state index contributed by atoms with van der Waals surface area (Å²) in [5.74, 6) is 0.209. The molecule has 6 nitrogen and oxygen atoms in total. The Morgan fingerprint density at radius 3 is 2.54 bits per heavy atom. The second-order valence-electron chi connectivity index (χ2n) is 6.62. The molecule has 0 radical (unpaired) electrons. The van der Waals surface area contributed by atoms with E-state index in [2.05, 4.69) is 10.1 Å². The molecule has 138 valence electrons. The van der Waals surface area contributed by atoms with Gasteiger partial charge >= 0.3 is 0 Å². The number of aromatic amines is 1. The van der Waals surface area contributed by atoms with Gasteiger partial charge in [0.15, 0.2) is 11.2 Å². The Morgan fingerprint density at radius 1 is 1.00 bits per heavy atom. The Kier molecular flexibility index (Phi) is 3.64. The maximum absolute atomic E-state index is 13.3. The number of fused-ring (bicyclic) bond motifs is 2. The standard InChI is InChI=1S/C21H15ClN4O2/c1-11-17(20-24-18-14(22)9-6-10-15(18)28-20)21(27)26-19(23-11)16(12(2)25-26)13-7-4-3-5-8-13/h3-10,25H,1-2H3. The first-order chi connectivity index (χ1) is 13.5. The number of rotatable bonds is 2. The fourth-order valence-electron chi connectivity index (χ4n) is 3.51. The van der Waals surface area contributed by atoms with Gasteiger partial charge in [0.2, 0.25) is 5.89 Å². The van der Waals surface area contributed by atoms with Crippen LogP contribution in [0.1, 0.15) is 11.4 Å². The summed E-state index contributed by atoms with van der Waals surface area (Å²) < 4.78 is 7.25. The summed E-state index contributed by atoms with van der Waals surface area (Å²) in [6.45, 7) is 3.70. The van der Waals surface area contributed by atoms with Crippen LogP contribution in [-0.4, -0.2) is 19.6 Å². The molecule has 3 aromatic heterocycles. The maximum atomic E-state index is 13.3. The quantitative estimate of drug-likeness (QED) is 0.471. The number of H-pyrrole nitrogens is 1. The van der Waals surface area contributed by atoms with E-state index in [4.69, 9.17) is 21.0 Å². The molecule has 0 unspecified atom stereocenters. The first-order valence-electron chi connectivity index (χ1n) is 8.77. The monoisotopic (exact) mass is 390 g/mol. The first kappa shape index (κ1) is 16.8. The predicted molar refractivity (Wildman–Crippen MR) is 109 cm³/mol. The molecule has 0 saturated heterocycles. The van der Waals surface area contributed by atoms with E-state index in [0.717, 1.165) is 16.8 Å². The number of oxazole rings is 1. The molecule has 3 heterocycles. The van der Waals surface area contributed by atoms with Crippen molar-refractivity contribution >= 4 is 28.3 Å². The second kappa shape index (κ2) is 6.07. The Labute approximate surface area is 164 Å². The molecular weight excluding hydrogens is 376 g/mol. The summed E-state index contributed by atoms with van der Waals surface area (Å²) in [7, 11) is 0. The Morgan fingerprint density at radius 2 is 1.79 bits per heavy atom. The number of aryl methyl sites for hydroxylation is 2. The first-order valence-corrected chi connectivity index (χ1v) is 9.15. The molecule has 0 spiro atoms. The van der Waals surface area contributed by atoms with Crippen molar-refractivity contribution in [1.82, 2.24) is 19.6 Å². The average molecular weight is 391 g/mol. The largest absolute Gasteiger partial charge is 0.436 e. The molecule has 5 aromatic rings. The van der Waals surface area contributed by atoms with Crippen molar-refractivity contribution in [2.24, 2.45) is 0 Å². The molecule has 2 aromatic carbocycles. The number of nitrogens with one attached hydrogen (secondary N) is 1. The molecule has 0 aliphatic carbocycles. The number of para-hydroxylation sites is 1. The van der Waals surface area contributed by atoms with Crippen LogP contribution in [0.2, 0.25) is 5.02 Å². The van der Waals surface area contributed by atoms with E-state index < -0.39 is 0 Å². The second-order valence-corrected chi connectivity index (χ2v) is 7.03. The summed E-state index contributed by atoms with van der Waals surface area (Å²) in [5.41, 5.74) is 4.95. The van der Waals surface area contributed by atoms with Gasteiger partial charge in [-0.1, -0.05) is 48.0 Å². The summed E-state index contributed by atoms with van der Waals surface area (Å²) >= 11 is 6.20. The van der Waals surface area contributed by atoms with Gasteiger partial charge in [-0.3, -0.25) is 9.89 Å². The normalized spacial score (nSPS) is 11.5. The molecule has 7 heteroatoms. The zero-order valence-electron chi connectivity index (χ0n) is 15.2. The number of nitrogens with zero attached hydrogens (tertiary/aromatic N) is 3. The summed E-state index contributed by atoms with van der Waals surface area (Å²) in [6, 6.07) is 15.1. The SMILES string of the molecule is Cc1nc2c(-c3ccccc3)c(C)[nH]n2c(=O)c1-c1nc2c(Cl)cccc2o1. The van der Waals surface area contributed by atoms with Crippen molar-refractivity contribution in [3.63, 3.8) is 0 Å². The van der Waals surface area contributed by atoms with Crippen molar-refractivity contribution in [2.75, 3.05) is 0 Å². The molecule has 1 N–H and O–H groups in total. The lowest BCUT2D eigenvalue weighted by Crippen LogP contribution is -2.19.